The summed E-state index contributed by atoms with van der Waals surface area (Å²) in [7, 11) is 3.81. The molecule has 0 radical (unpaired) electrons. The molecule has 0 spiro atoms. The van der Waals surface area contributed by atoms with Gasteiger partial charge in [0.15, 0.2) is 17.3 Å². The van der Waals surface area contributed by atoms with Crippen LogP contribution in [0.5, 0.6) is 0 Å². The Morgan fingerprint density at radius 1 is 1.21 bits per heavy atom. The molecule has 4 heterocycles. The van der Waals surface area contributed by atoms with Crippen molar-refractivity contribution < 1.29 is 13.7 Å². The van der Waals surface area contributed by atoms with E-state index < -0.39 is 12.9 Å². The van der Waals surface area contributed by atoms with E-state index in [2.05, 4.69) is 42.7 Å². The Morgan fingerprint density at radius 2 is 2.00 bits per heavy atom. The number of carbonyl (C=O) groups excluding carboxylic acids is 2. The smallest absolute Gasteiger partial charge is 0.273 e. The summed E-state index contributed by atoms with van der Waals surface area (Å²) >= 11 is 0. The maximum absolute atomic E-state index is 12.8. The van der Waals surface area contributed by atoms with E-state index in [-0.39, 0.29) is 35.1 Å². The number of fused-ring (bicyclic) bond motifs is 3. The molecule has 11 heteroatoms. The highest BCUT2D eigenvalue weighted by molar-refractivity contribution is 6.00. The highest BCUT2D eigenvalue weighted by Crippen LogP contribution is 2.47. The van der Waals surface area contributed by atoms with Gasteiger partial charge >= 0.3 is 0 Å². The van der Waals surface area contributed by atoms with Crippen molar-refractivity contribution in [2.75, 3.05) is 29.6 Å². The van der Waals surface area contributed by atoms with E-state index in [0.717, 1.165) is 35.3 Å². The second-order valence-electron chi connectivity index (χ2n) is 8.74. The minimum atomic E-state index is -2.72. The highest BCUT2D eigenvalue weighted by Gasteiger charge is 2.33. The van der Waals surface area contributed by atoms with Gasteiger partial charge in [0.25, 0.3) is 5.91 Å². The summed E-state index contributed by atoms with van der Waals surface area (Å²) in [5.74, 6) is -0.617. The highest BCUT2D eigenvalue weighted by atomic mass is 16.2. The third kappa shape index (κ3) is 3.72. The molecule has 0 saturated heterocycles. The van der Waals surface area contributed by atoms with Crippen molar-refractivity contribution in [2.24, 2.45) is 13.0 Å². The van der Waals surface area contributed by atoms with Crippen LogP contribution in [0.2, 0.25) is 0 Å². The molecular formula is C23H27N9O2. The Hall–Kier alpha value is -4.02. The van der Waals surface area contributed by atoms with Crippen LogP contribution in [0.3, 0.4) is 0 Å². The first-order chi connectivity index (χ1) is 17.4. The second-order valence-corrected chi connectivity index (χ2v) is 8.74. The Labute approximate surface area is 201 Å². The summed E-state index contributed by atoms with van der Waals surface area (Å²) in [6, 6.07) is 3.39. The van der Waals surface area contributed by atoms with E-state index in [9.17, 15) is 9.59 Å². The van der Waals surface area contributed by atoms with Gasteiger partial charge in [0.2, 0.25) is 5.91 Å². The molecule has 0 unspecified atom stereocenters. The first-order valence-corrected chi connectivity index (χ1v) is 11.0. The van der Waals surface area contributed by atoms with Gasteiger partial charge in [-0.3, -0.25) is 14.3 Å². The molecule has 3 N–H and O–H groups in total. The standard InChI is InChI=1S/C23H27N9O2/c1-11-8-14-18-15(10-31(4)30-18)12(2)32(5)20(14)21(25-11)26-16-9-17(27-22(33)13-6-7-13)28-29-19(16)23(34)24-3/h8-10,12-13H,6-7H2,1-5H3,(H,24,34)(H2,25,26,27,28,33)/t12-/m1/s1/i3D3. The van der Waals surface area contributed by atoms with Crippen LogP contribution in [-0.4, -0.2) is 50.8 Å². The Balaban J connectivity index is 1.60. The molecule has 1 aliphatic heterocycles. The fourth-order valence-electron chi connectivity index (χ4n) is 4.19. The van der Waals surface area contributed by atoms with Gasteiger partial charge in [-0.15, -0.1) is 10.2 Å². The maximum Gasteiger partial charge on any atom is 0.273 e. The monoisotopic (exact) mass is 464 g/mol. The third-order valence-electron chi connectivity index (χ3n) is 6.19. The first kappa shape index (κ1) is 18.4. The molecule has 1 fully saturated rings. The summed E-state index contributed by atoms with van der Waals surface area (Å²) in [6.07, 6.45) is 3.60. The number of carbonyl (C=O) groups is 2. The molecule has 0 bridgehead atoms. The number of nitrogens with one attached hydrogen (secondary N) is 3. The van der Waals surface area contributed by atoms with Gasteiger partial charge in [0, 0.05) is 60.2 Å². The van der Waals surface area contributed by atoms with Crippen molar-refractivity contribution in [3.63, 3.8) is 0 Å². The lowest BCUT2D eigenvalue weighted by atomic mass is 9.95. The Kier molecular flexibility index (Phi) is 4.38. The number of pyridine rings is 1. The predicted octanol–water partition coefficient (Wildman–Crippen LogP) is 2.54. The molecule has 3 aromatic heterocycles. The molecule has 2 aliphatic rings. The predicted molar refractivity (Wildman–Crippen MR) is 128 cm³/mol. The van der Waals surface area contributed by atoms with Gasteiger partial charge in [-0.05, 0) is 32.8 Å². The zero-order valence-electron chi connectivity index (χ0n) is 22.3. The molecule has 1 aliphatic carbocycles. The van der Waals surface area contributed by atoms with E-state index >= 15 is 0 Å². The van der Waals surface area contributed by atoms with Crippen LogP contribution >= 0.6 is 0 Å². The summed E-state index contributed by atoms with van der Waals surface area (Å²) in [6.45, 7) is 1.18. The molecule has 2 amide bonds. The fraction of sp³-hybridized carbons (Fsp3) is 0.391. The normalized spacial score (nSPS) is 18.2. The van der Waals surface area contributed by atoms with E-state index in [4.69, 9.17) is 4.11 Å². The van der Waals surface area contributed by atoms with E-state index in [1.807, 2.05) is 38.6 Å². The number of rotatable bonds is 5. The zero-order chi connectivity index (χ0) is 26.6. The number of aryl methyl sites for hydroxylation is 2. The maximum atomic E-state index is 12.8. The van der Waals surface area contributed by atoms with E-state index in [1.54, 1.807) is 4.68 Å². The fourth-order valence-corrected chi connectivity index (χ4v) is 4.19. The Morgan fingerprint density at radius 3 is 2.74 bits per heavy atom. The lowest BCUT2D eigenvalue weighted by Crippen LogP contribution is -2.27. The molecular weight excluding hydrogens is 434 g/mol. The number of hydrogen-bond acceptors (Lipinski definition) is 8. The molecule has 1 saturated carbocycles. The summed E-state index contributed by atoms with van der Waals surface area (Å²) < 4.78 is 24.0. The lowest BCUT2D eigenvalue weighted by Gasteiger charge is -2.34. The third-order valence-corrected chi connectivity index (χ3v) is 6.19. The minimum absolute atomic E-state index is 0.0106. The molecule has 176 valence electrons. The SMILES string of the molecule is [2H]C([2H])([2H])NC(=O)c1nnc(NC(=O)C2CC2)cc1Nc1nc(C)cc2c1N(C)[C@H](C)c1cn(C)nc1-2. The Bertz CT molecular complexity index is 1420. The number of amides is 2. The molecule has 1 atom stereocenters. The number of anilines is 4. The second kappa shape index (κ2) is 8.08. The van der Waals surface area contributed by atoms with Gasteiger partial charge in [0.1, 0.15) is 0 Å². The summed E-state index contributed by atoms with van der Waals surface area (Å²) in [4.78, 5) is 31.9. The van der Waals surface area contributed by atoms with Gasteiger partial charge in [-0.25, -0.2) is 4.98 Å². The number of aromatic nitrogens is 5. The van der Waals surface area contributed by atoms with Gasteiger partial charge in [0.05, 0.1) is 23.1 Å². The minimum Gasteiger partial charge on any atom is -0.364 e. The average molecular weight is 465 g/mol. The van der Waals surface area contributed by atoms with Crippen molar-refractivity contribution in [1.82, 2.24) is 30.3 Å². The largest absolute Gasteiger partial charge is 0.364 e. The van der Waals surface area contributed by atoms with Gasteiger partial charge in [-0.2, -0.15) is 5.10 Å². The number of nitrogens with zero attached hydrogens (tertiary/aromatic N) is 6. The topological polar surface area (TPSA) is 130 Å². The van der Waals surface area contributed by atoms with Crippen molar-refractivity contribution in [1.29, 1.82) is 0 Å². The van der Waals surface area contributed by atoms with Crippen molar-refractivity contribution in [3.05, 3.63) is 35.3 Å². The lowest BCUT2D eigenvalue weighted by molar-refractivity contribution is -0.117. The first-order valence-electron chi connectivity index (χ1n) is 12.5. The summed E-state index contributed by atoms with van der Waals surface area (Å²) in [5.41, 5.74) is 4.14. The summed E-state index contributed by atoms with van der Waals surface area (Å²) in [5, 5.41) is 20.4. The molecule has 3 aromatic rings. The van der Waals surface area contributed by atoms with Crippen LogP contribution < -0.4 is 20.9 Å². The van der Waals surface area contributed by atoms with E-state index in [0.29, 0.717) is 11.5 Å². The van der Waals surface area contributed by atoms with Crippen LogP contribution in [0, 0.1) is 12.8 Å². The van der Waals surface area contributed by atoms with Crippen LogP contribution in [0.1, 0.15) is 51.7 Å². The van der Waals surface area contributed by atoms with Crippen molar-refractivity contribution >= 4 is 34.8 Å². The van der Waals surface area contributed by atoms with Crippen LogP contribution in [0.4, 0.5) is 23.0 Å². The van der Waals surface area contributed by atoms with Crippen molar-refractivity contribution in [2.45, 2.75) is 32.7 Å². The van der Waals surface area contributed by atoms with Crippen molar-refractivity contribution in [3.8, 4) is 11.3 Å². The van der Waals surface area contributed by atoms with Gasteiger partial charge in [-0.1, -0.05) is 0 Å². The quantitative estimate of drug-likeness (QED) is 0.525. The van der Waals surface area contributed by atoms with Crippen LogP contribution in [-0.2, 0) is 11.8 Å². The number of hydrogen-bond donors (Lipinski definition) is 3. The van der Waals surface area contributed by atoms with Gasteiger partial charge < -0.3 is 20.9 Å². The molecule has 34 heavy (non-hydrogen) atoms. The molecule has 5 rings (SSSR count). The van der Waals surface area contributed by atoms with Crippen LogP contribution in [0.15, 0.2) is 18.3 Å². The average Bonchev–Trinajstić information content (AvgIpc) is 3.57. The molecule has 11 nitrogen and oxygen atoms in total. The van der Waals surface area contributed by atoms with E-state index in [1.165, 1.54) is 6.07 Å². The molecule has 0 aromatic carbocycles. The zero-order valence-corrected chi connectivity index (χ0v) is 19.3. The van der Waals surface area contributed by atoms with Crippen LogP contribution in [0.25, 0.3) is 11.3 Å².